The van der Waals surface area contributed by atoms with Crippen LogP contribution in [0.2, 0.25) is 10.0 Å². The molecule has 7 heteroatoms. The maximum atomic E-state index is 12.3. The summed E-state index contributed by atoms with van der Waals surface area (Å²) in [5, 5.41) is 0.923. The lowest BCUT2D eigenvalue weighted by Crippen LogP contribution is -2.43. The Morgan fingerprint density at radius 3 is 2.76 bits per heavy atom. The van der Waals surface area contributed by atoms with Gasteiger partial charge in [-0.25, -0.2) is 8.42 Å². The van der Waals surface area contributed by atoms with E-state index in [0.29, 0.717) is 36.2 Å². The fourth-order valence-corrected chi connectivity index (χ4v) is 4.18. The molecule has 2 rings (SSSR count). The number of halogens is 2. The van der Waals surface area contributed by atoms with E-state index < -0.39 is 10.0 Å². The first-order valence-electron chi connectivity index (χ1n) is 6.98. The van der Waals surface area contributed by atoms with Crippen LogP contribution in [0.1, 0.15) is 31.4 Å². The molecule has 0 N–H and O–H groups in total. The third-order valence-electron chi connectivity index (χ3n) is 3.49. The number of hydrogen-bond acceptors (Lipinski definition) is 3. The summed E-state index contributed by atoms with van der Waals surface area (Å²) in [7, 11) is -3.21. The summed E-state index contributed by atoms with van der Waals surface area (Å²) in [5.74, 6) is 0.192. The number of rotatable bonds is 5. The molecule has 1 aliphatic heterocycles. The Labute approximate surface area is 136 Å². The molecule has 1 unspecified atom stereocenters. The van der Waals surface area contributed by atoms with Crippen LogP contribution in [0.25, 0.3) is 0 Å². The normalized spacial score (nSPS) is 20.6. The van der Waals surface area contributed by atoms with E-state index in [1.807, 2.05) is 13.0 Å². The molecule has 1 atom stereocenters. The minimum absolute atomic E-state index is 0.192. The average Bonchev–Trinajstić information content (AvgIpc) is 2.48. The number of unbranched alkanes of at least 4 members (excludes halogenated alkanes) is 1. The lowest BCUT2D eigenvalue weighted by molar-refractivity contribution is -0.00254. The van der Waals surface area contributed by atoms with Crippen molar-refractivity contribution in [1.82, 2.24) is 4.31 Å². The lowest BCUT2D eigenvalue weighted by Gasteiger charge is -2.32. The van der Waals surface area contributed by atoms with Crippen molar-refractivity contribution in [2.24, 2.45) is 0 Å². The molecule has 0 aromatic heterocycles. The molecule has 4 nitrogen and oxygen atoms in total. The van der Waals surface area contributed by atoms with Gasteiger partial charge in [-0.2, -0.15) is 4.31 Å². The van der Waals surface area contributed by atoms with E-state index in [9.17, 15) is 8.42 Å². The smallest absolute Gasteiger partial charge is 0.214 e. The van der Waals surface area contributed by atoms with Crippen molar-refractivity contribution in [2.75, 3.05) is 25.4 Å². The molecular formula is C14H19Cl2NO3S. The maximum Gasteiger partial charge on any atom is 0.214 e. The van der Waals surface area contributed by atoms with Crippen molar-refractivity contribution in [1.29, 1.82) is 0 Å². The van der Waals surface area contributed by atoms with E-state index in [1.54, 1.807) is 12.1 Å². The molecule has 1 fully saturated rings. The highest BCUT2D eigenvalue weighted by Crippen LogP contribution is 2.29. The molecular weight excluding hydrogens is 333 g/mol. The molecule has 0 aliphatic carbocycles. The van der Waals surface area contributed by atoms with Crippen LogP contribution in [-0.4, -0.2) is 38.2 Å². The summed E-state index contributed by atoms with van der Waals surface area (Å²) in [6.07, 6.45) is 1.24. The van der Waals surface area contributed by atoms with E-state index in [2.05, 4.69) is 0 Å². The van der Waals surface area contributed by atoms with E-state index in [1.165, 1.54) is 4.31 Å². The van der Waals surface area contributed by atoms with Gasteiger partial charge >= 0.3 is 0 Å². The molecule has 1 heterocycles. The minimum Gasteiger partial charge on any atom is -0.371 e. The van der Waals surface area contributed by atoms with Crippen molar-refractivity contribution >= 4 is 33.2 Å². The average molecular weight is 352 g/mol. The van der Waals surface area contributed by atoms with Crippen LogP contribution in [0.15, 0.2) is 18.2 Å². The number of morpholine rings is 1. The summed E-state index contributed by atoms with van der Waals surface area (Å²) in [4.78, 5) is 0. The van der Waals surface area contributed by atoms with Gasteiger partial charge in [-0.1, -0.05) is 42.6 Å². The molecule has 1 aromatic carbocycles. The molecule has 118 valence electrons. The van der Waals surface area contributed by atoms with Crippen LogP contribution in [0.5, 0.6) is 0 Å². The summed E-state index contributed by atoms with van der Waals surface area (Å²) < 4.78 is 31.7. The van der Waals surface area contributed by atoms with Gasteiger partial charge in [0.15, 0.2) is 0 Å². The molecule has 0 spiro atoms. The van der Waals surface area contributed by atoms with Crippen molar-refractivity contribution in [3.8, 4) is 0 Å². The van der Waals surface area contributed by atoms with Gasteiger partial charge < -0.3 is 4.74 Å². The van der Waals surface area contributed by atoms with Gasteiger partial charge in [0.2, 0.25) is 10.0 Å². The summed E-state index contributed by atoms with van der Waals surface area (Å²) >= 11 is 11.9. The molecule has 1 aromatic rings. The predicted molar refractivity (Wildman–Crippen MR) is 85.4 cm³/mol. The van der Waals surface area contributed by atoms with Crippen LogP contribution < -0.4 is 0 Å². The van der Waals surface area contributed by atoms with Gasteiger partial charge in [-0.15, -0.1) is 0 Å². The second-order valence-electron chi connectivity index (χ2n) is 5.06. The predicted octanol–water partition coefficient (Wildman–Crippen LogP) is 3.50. The van der Waals surface area contributed by atoms with Crippen LogP contribution in [-0.2, 0) is 14.8 Å². The molecule has 0 bridgehead atoms. The molecule has 0 saturated carbocycles. The van der Waals surface area contributed by atoms with E-state index >= 15 is 0 Å². The Hall–Kier alpha value is -0.330. The SMILES string of the molecule is CCCCS(=O)(=O)N1CCOC(c2ccc(Cl)c(Cl)c2)C1. The van der Waals surface area contributed by atoms with Crippen molar-refractivity contribution < 1.29 is 13.2 Å². The molecule has 21 heavy (non-hydrogen) atoms. The molecule has 0 amide bonds. The zero-order valence-corrected chi connectivity index (χ0v) is 14.2. The molecule has 1 aliphatic rings. The van der Waals surface area contributed by atoms with Crippen molar-refractivity contribution in [3.05, 3.63) is 33.8 Å². The third-order valence-corrected chi connectivity index (χ3v) is 6.16. The first kappa shape index (κ1) is 17.0. The fraction of sp³-hybridized carbons (Fsp3) is 0.571. The second kappa shape index (κ2) is 7.29. The zero-order chi connectivity index (χ0) is 15.5. The molecule has 1 saturated heterocycles. The standard InChI is InChI=1S/C14H19Cl2NO3S/c1-2-3-8-21(18,19)17-6-7-20-14(10-17)11-4-5-12(15)13(16)9-11/h4-5,9,14H,2-3,6-8,10H2,1H3. The first-order valence-corrected chi connectivity index (χ1v) is 9.35. The number of nitrogens with zero attached hydrogens (tertiary/aromatic N) is 1. The van der Waals surface area contributed by atoms with Crippen LogP contribution in [0.4, 0.5) is 0 Å². The Morgan fingerprint density at radius 2 is 2.10 bits per heavy atom. The van der Waals surface area contributed by atoms with Gasteiger partial charge in [-0.05, 0) is 24.1 Å². The highest BCUT2D eigenvalue weighted by atomic mass is 35.5. The summed E-state index contributed by atoms with van der Waals surface area (Å²) in [6, 6.07) is 5.25. The summed E-state index contributed by atoms with van der Waals surface area (Å²) in [6.45, 7) is 3.09. The number of benzene rings is 1. The monoisotopic (exact) mass is 351 g/mol. The maximum absolute atomic E-state index is 12.3. The number of ether oxygens (including phenoxy) is 1. The first-order chi connectivity index (χ1) is 9.94. The van der Waals surface area contributed by atoms with Gasteiger partial charge in [0.1, 0.15) is 0 Å². The Balaban J connectivity index is 2.11. The van der Waals surface area contributed by atoms with Gasteiger partial charge in [0.25, 0.3) is 0 Å². The van der Waals surface area contributed by atoms with E-state index in [4.69, 9.17) is 27.9 Å². The zero-order valence-electron chi connectivity index (χ0n) is 11.9. The third kappa shape index (κ3) is 4.33. The van der Waals surface area contributed by atoms with Crippen LogP contribution in [0.3, 0.4) is 0 Å². The van der Waals surface area contributed by atoms with Crippen molar-refractivity contribution in [2.45, 2.75) is 25.9 Å². The largest absolute Gasteiger partial charge is 0.371 e. The quantitative estimate of drug-likeness (QED) is 0.815. The Morgan fingerprint density at radius 1 is 1.33 bits per heavy atom. The summed E-state index contributed by atoms with van der Waals surface area (Å²) in [5.41, 5.74) is 0.847. The number of sulfonamides is 1. The van der Waals surface area contributed by atoms with Crippen LogP contribution in [0, 0.1) is 0 Å². The Bertz CT molecular complexity index is 592. The Kier molecular flexibility index (Phi) is 5.91. The highest BCUT2D eigenvalue weighted by Gasteiger charge is 2.29. The van der Waals surface area contributed by atoms with Crippen LogP contribution >= 0.6 is 23.2 Å². The van der Waals surface area contributed by atoms with Gasteiger partial charge in [-0.3, -0.25) is 0 Å². The minimum atomic E-state index is -3.21. The topological polar surface area (TPSA) is 46.6 Å². The highest BCUT2D eigenvalue weighted by molar-refractivity contribution is 7.89. The van der Waals surface area contributed by atoms with E-state index in [0.717, 1.165) is 12.0 Å². The number of hydrogen-bond donors (Lipinski definition) is 0. The van der Waals surface area contributed by atoms with Gasteiger partial charge in [0, 0.05) is 13.1 Å². The molecule has 0 radical (unpaired) electrons. The van der Waals surface area contributed by atoms with E-state index in [-0.39, 0.29) is 11.9 Å². The lowest BCUT2D eigenvalue weighted by atomic mass is 10.1. The van der Waals surface area contributed by atoms with Crippen molar-refractivity contribution in [3.63, 3.8) is 0 Å². The van der Waals surface area contributed by atoms with Gasteiger partial charge in [0.05, 0.1) is 28.5 Å². The second-order valence-corrected chi connectivity index (χ2v) is 7.96. The fourth-order valence-electron chi connectivity index (χ4n) is 2.25.